The minimum absolute atomic E-state index is 0.0587. The number of carbonyl (C=O) groups excluding carboxylic acids is 1. The third-order valence-electron chi connectivity index (χ3n) is 5.14. The number of nitrogens with one attached hydrogen (secondary N) is 1. The highest BCUT2D eigenvalue weighted by Crippen LogP contribution is 2.32. The van der Waals surface area contributed by atoms with Crippen LogP contribution in [0, 0.1) is 5.82 Å². The number of rotatable bonds is 5. The van der Waals surface area contributed by atoms with Gasteiger partial charge in [-0.15, -0.1) is 0 Å². The van der Waals surface area contributed by atoms with Crippen LogP contribution >= 0.6 is 0 Å². The van der Waals surface area contributed by atoms with Gasteiger partial charge in [-0.2, -0.15) is 4.31 Å². The SMILES string of the molecule is CCNC(=O)C[C@H]1CC[C@H]2[C@@H](COC[C@@H](O)CN2S(=O)(=O)c2ccccc2F)O1. The van der Waals surface area contributed by atoms with Crippen molar-refractivity contribution >= 4 is 15.9 Å². The first-order chi connectivity index (χ1) is 13.8. The molecule has 29 heavy (non-hydrogen) atoms. The van der Waals surface area contributed by atoms with Gasteiger partial charge in [0.2, 0.25) is 15.9 Å². The molecule has 2 fully saturated rings. The molecule has 0 aromatic heterocycles. The van der Waals surface area contributed by atoms with Gasteiger partial charge in [-0.25, -0.2) is 12.8 Å². The van der Waals surface area contributed by atoms with Gasteiger partial charge in [-0.05, 0) is 31.9 Å². The maximum Gasteiger partial charge on any atom is 0.246 e. The molecule has 0 spiro atoms. The van der Waals surface area contributed by atoms with E-state index in [2.05, 4.69) is 5.32 Å². The van der Waals surface area contributed by atoms with Crippen molar-refractivity contribution in [2.24, 2.45) is 0 Å². The number of hydrogen-bond acceptors (Lipinski definition) is 6. The first-order valence-corrected chi connectivity index (χ1v) is 11.2. The van der Waals surface area contributed by atoms with E-state index in [1.54, 1.807) is 0 Å². The summed E-state index contributed by atoms with van der Waals surface area (Å²) in [7, 11) is -4.20. The van der Waals surface area contributed by atoms with Crippen LogP contribution in [0.15, 0.2) is 29.2 Å². The average molecular weight is 430 g/mol. The number of halogens is 1. The number of β-amino-alcohol motifs (C(OH)–C–C–N with tert-alkyl or cyclic N) is 1. The van der Waals surface area contributed by atoms with Crippen molar-refractivity contribution < 1.29 is 32.2 Å². The molecular formula is C19H27FN2O6S. The number of sulfonamides is 1. The van der Waals surface area contributed by atoms with Crippen LogP contribution in [0.25, 0.3) is 0 Å². The topological polar surface area (TPSA) is 105 Å². The predicted octanol–water partition coefficient (Wildman–Crippen LogP) is 0.650. The van der Waals surface area contributed by atoms with Crippen molar-refractivity contribution in [2.45, 2.75) is 55.4 Å². The van der Waals surface area contributed by atoms with E-state index in [-0.39, 0.29) is 38.2 Å². The Balaban J connectivity index is 1.85. The molecule has 2 aliphatic rings. The predicted molar refractivity (Wildman–Crippen MR) is 102 cm³/mol. The summed E-state index contributed by atoms with van der Waals surface area (Å²) in [6.07, 6.45) is -0.938. The van der Waals surface area contributed by atoms with Crippen LogP contribution in [0.1, 0.15) is 26.2 Å². The van der Waals surface area contributed by atoms with Crippen LogP contribution in [0.4, 0.5) is 4.39 Å². The summed E-state index contributed by atoms with van der Waals surface area (Å²) in [5, 5.41) is 12.9. The zero-order chi connectivity index (χ0) is 21.0. The molecule has 0 unspecified atom stereocenters. The lowest BCUT2D eigenvalue weighted by Crippen LogP contribution is -2.57. The Hall–Kier alpha value is -1.59. The number of fused-ring (bicyclic) bond motifs is 1. The van der Waals surface area contributed by atoms with E-state index in [1.165, 1.54) is 18.2 Å². The maximum absolute atomic E-state index is 14.3. The van der Waals surface area contributed by atoms with Gasteiger partial charge < -0.3 is 19.9 Å². The van der Waals surface area contributed by atoms with E-state index in [0.717, 1.165) is 10.4 Å². The molecule has 10 heteroatoms. The molecular weight excluding hydrogens is 403 g/mol. The Morgan fingerprint density at radius 2 is 2.07 bits per heavy atom. The van der Waals surface area contributed by atoms with E-state index in [9.17, 15) is 22.7 Å². The molecule has 2 N–H and O–H groups in total. The van der Waals surface area contributed by atoms with Crippen molar-refractivity contribution in [3.8, 4) is 0 Å². The van der Waals surface area contributed by atoms with Gasteiger partial charge >= 0.3 is 0 Å². The molecule has 0 saturated carbocycles. The summed E-state index contributed by atoms with van der Waals surface area (Å²) >= 11 is 0. The summed E-state index contributed by atoms with van der Waals surface area (Å²) in [5.41, 5.74) is 0. The van der Waals surface area contributed by atoms with E-state index in [0.29, 0.717) is 19.4 Å². The number of carbonyl (C=O) groups is 1. The largest absolute Gasteiger partial charge is 0.389 e. The van der Waals surface area contributed by atoms with Crippen LogP contribution in [-0.4, -0.2) is 74.4 Å². The first kappa shape index (κ1) is 22.1. The van der Waals surface area contributed by atoms with E-state index in [4.69, 9.17) is 9.47 Å². The second kappa shape index (κ2) is 9.48. The zero-order valence-electron chi connectivity index (χ0n) is 16.3. The molecule has 1 amide bonds. The zero-order valence-corrected chi connectivity index (χ0v) is 17.1. The lowest BCUT2D eigenvalue weighted by molar-refractivity contribution is -0.146. The van der Waals surface area contributed by atoms with E-state index in [1.807, 2.05) is 6.92 Å². The standard InChI is InChI=1S/C19H27FN2O6S/c1-2-21-19(24)9-14-7-8-16-17(28-14)12-27-11-13(23)10-22(16)29(25,26)18-6-4-3-5-15(18)20/h3-6,13-14,16-17,23H,2,7-12H2,1H3,(H,21,24)/t13-,14+,16-,17+/m0/s1. The molecule has 0 bridgehead atoms. The van der Waals surface area contributed by atoms with Crippen molar-refractivity contribution in [1.82, 2.24) is 9.62 Å². The Labute approximate surface area is 170 Å². The number of nitrogens with zero attached hydrogens (tertiary/aromatic N) is 1. The van der Waals surface area contributed by atoms with Gasteiger partial charge in [-0.3, -0.25) is 4.79 Å². The number of benzene rings is 1. The molecule has 1 aromatic carbocycles. The van der Waals surface area contributed by atoms with Gasteiger partial charge in [0.15, 0.2) is 0 Å². The third kappa shape index (κ3) is 5.13. The van der Waals surface area contributed by atoms with Crippen LogP contribution in [0.3, 0.4) is 0 Å². The fraction of sp³-hybridized carbons (Fsp3) is 0.632. The molecule has 1 aromatic rings. The molecule has 8 nitrogen and oxygen atoms in total. The van der Waals surface area contributed by atoms with Crippen molar-refractivity contribution in [3.05, 3.63) is 30.1 Å². The van der Waals surface area contributed by atoms with Crippen LogP contribution in [-0.2, 0) is 24.3 Å². The van der Waals surface area contributed by atoms with Gasteiger partial charge in [-0.1, -0.05) is 12.1 Å². The first-order valence-electron chi connectivity index (χ1n) is 9.77. The Kier molecular flexibility index (Phi) is 7.23. The third-order valence-corrected chi connectivity index (χ3v) is 7.07. The summed E-state index contributed by atoms with van der Waals surface area (Å²) in [6.45, 7) is 2.15. The summed E-state index contributed by atoms with van der Waals surface area (Å²) in [5.74, 6) is -0.975. The molecule has 2 aliphatic heterocycles. The number of aliphatic hydroxyl groups is 1. The molecule has 162 valence electrons. The highest BCUT2D eigenvalue weighted by molar-refractivity contribution is 7.89. The lowest BCUT2D eigenvalue weighted by Gasteiger charge is -2.43. The Morgan fingerprint density at radius 1 is 1.31 bits per heavy atom. The fourth-order valence-corrected chi connectivity index (χ4v) is 5.61. The number of hydrogen-bond donors (Lipinski definition) is 2. The molecule has 0 radical (unpaired) electrons. The number of ether oxygens (including phenoxy) is 2. The van der Waals surface area contributed by atoms with Gasteiger partial charge in [0, 0.05) is 13.1 Å². The summed E-state index contributed by atoms with van der Waals surface area (Å²) in [6, 6.07) is 4.55. The molecule has 4 atom stereocenters. The second-order valence-electron chi connectivity index (χ2n) is 7.30. The number of aliphatic hydroxyl groups excluding tert-OH is 1. The molecule has 0 aliphatic carbocycles. The van der Waals surface area contributed by atoms with Crippen molar-refractivity contribution in [3.63, 3.8) is 0 Å². The maximum atomic E-state index is 14.3. The quantitative estimate of drug-likeness (QED) is 0.711. The average Bonchev–Trinajstić information content (AvgIpc) is 2.65. The molecule has 3 rings (SSSR count). The highest BCUT2D eigenvalue weighted by atomic mass is 32.2. The highest BCUT2D eigenvalue weighted by Gasteiger charge is 2.43. The van der Waals surface area contributed by atoms with Gasteiger partial charge in [0.25, 0.3) is 0 Å². The van der Waals surface area contributed by atoms with Crippen LogP contribution < -0.4 is 5.32 Å². The van der Waals surface area contributed by atoms with E-state index >= 15 is 0 Å². The fourth-order valence-electron chi connectivity index (χ4n) is 3.83. The Morgan fingerprint density at radius 3 is 2.79 bits per heavy atom. The molecule has 2 heterocycles. The van der Waals surface area contributed by atoms with Crippen molar-refractivity contribution in [2.75, 3.05) is 26.3 Å². The lowest BCUT2D eigenvalue weighted by atomic mass is 9.96. The normalized spacial score (nSPS) is 28.8. The van der Waals surface area contributed by atoms with E-state index < -0.39 is 39.0 Å². The van der Waals surface area contributed by atoms with Crippen LogP contribution in [0.5, 0.6) is 0 Å². The van der Waals surface area contributed by atoms with Gasteiger partial charge in [0.1, 0.15) is 10.7 Å². The Bertz CT molecular complexity index is 821. The summed E-state index contributed by atoms with van der Waals surface area (Å²) in [4.78, 5) is 11.4. The minimum atomic E-state index is -4.20. The second-order valence-corrected chi connectivity index (χ2v) is 9.15. The smallest absolute Gasteiger partial charge is 0.246 e. The summed E-state index contributed by atoms with van der Waals surface area (Å²) < 4.78 is 53.3. The van der Waals surface area contributed by atoms with Crippen LogP contribution in [0.2, 0.25) is 0 Å². The minimum Gasteiger partial charge on any atom is -0.389 e. The van der Waals surface area contributed by atoms with Crippen molar-refractivity contribution in [1.29, 1.82) is 0 Å². The number of amides is 1. The monoisotopic (exact) mass is 430 g/mol. The van der Waals surface area contributed by atoms with Gasteiger partial charge in [0.05, 0.1) is 44.0 Å². The molecule has 2 saturated heterocycles.